The molecule has 3 rings (SSSR count). The number of rotatable bonds is 6. The number of carbonyl (C=O) groups excluding carboxylic acids is 1. The van der Waals surface area contributed by atoms with E-state index in [0.29, 0.717) is 30.0 Å². The van der Waals surface area contributed by atoms with E-state index >= 15 is 0 Å². The van der Waals surface area contributed by atoms with Crippen molar-refractivity contribution in [2.24, 2.45) is 5.92 Å². The van der Waals surface area contributed by atoms with Crippen molar-refractivity contribution in [2.45, 2.75) is 17.7 Å². The molecule has 0 bridgehead atoms. The Morgan fingerprint density at radius 1 is 1.13 bits per heavy atom. The molecule has 1 aliphatic rings. The van der Waals surface area contributed by atoms with Crippen LogP contribution in [0.3, 0.4) is 0 Å². The van der Waals surface area contributed by atoms with Crippen LogP contribution in [0.4, 0.5) is 5.69 Å². The van der Waals surface area contributed by atoms with E-state index in [0.717, 1.165) is 0 Å². The Labute approximate surface area is 176 Å². The number of nitriles is 1. The van der Waals surface area contributed by atoms with Gasteiger partial charge in [0.2, 0.25) is 15.9 Å². The van der Waals surface area contributed by atoms with E-state index in [1.807, 2.05) is 6.07 Å². The second-order valence-electron chi connectivity index (χ2n) is 6.84. The van der Waals surface area contributed by atoms with Gasteiger partial charge in [-0.25, -0.2) is 8.42 Å². The van der Waals surface area contributed by atoms with Gasteiger partial charge in [-0.2, -0.15) is 9.57 Å². The molecule has 9 heteroatoms. The Hall–Kier alpha value is -3.09. The molecule has 0 unspecified atom stereocenters. The fraction of sp³-hybridized carbons (Fsp3) is 0.333. The van der Waals surface area contributed by atoms with Crippen molar-refractivity contribution in [3.63, 3.8) is 0 Å². The number of amides is 1. The maximum absolute atomic E-state index is 12.9. The summed E-state index contributed by atoms with van der Waals surface area (Å²) in [5, 5.41) is 12.1. The lowest BCUT2D eigenvalue weighted by Crippen LogP contribution is -2.41. The quantitative estimate of drug-likeness (QED) is 0.756. The molecule has 1 amide bonds. The fourth-order valence-corrected chi connectivity index (χ4v) is 5.03. The average molecular weight is 429 g/mol. The van der Waals surface area contributed by atoms with Crippen molar-refractivity contribution in [3.8, 4) is 17.6 Å². The van der Waals surface area contributed by atoms with Crippen LogP contribution in [0.25, 0.3) is 0 Å². The minimum Gasteiger partial charge on any atom is -0.497 e. The van der Waals surface area contributed by atoms with Crippen LogP contribution in [0.15, 0.2) is 47.4 Å². The smallest absolute Gasteiger partial charge is 0.244 e. The molecule has 0 radical (unpaired) electrons. The van der Waals surface area contributed by atoms with Gasteiger partial charge in [0, 0.05) is 25.1 Å². The van der Waals surface area contributed by atoms with Crippen molar-refractivity contribution < 1.29 is 22.7 Å². The monoisotopic (exact) mass is 429 g/mol. The van der Waals surface area contributed by atoms with Crippen molar-refractivity contribution in [3.05, 3.63) is 48.0 Å². The number of nitrogens with one attached hydrogen (secondary N) is 1. The molecule has 1 saturated heterocycles. The van der Waals surface area contributed by atoms with Crippen LogP contribution in [-0.4, -0.2) is 45.9 Å². The van der Waals surface area contributed by atoms with Crippen molar-refractivity contribution in [2.75, 3.05) is 32.6 Å². The molecule has 1 fully saturated rings. The summed E-state index contributed by atoms with van der Waals surface area (Å²) in [6, 6.07) is 13.2. The third kappa shape index (κ3) is 4.40. The summed E-state index contributed by atoms with van der Waals surface area (Å²) in [6.45, 7) is 0.417. The summed E-state index contributed by atoms with van der Waals surface area (Å²) >= 11 is 0. The molecule has 1 heterocycles. The van der Waals surface area contributed by atoms with Crippen molar-refractivity contribution in [1.29, 1.82) is 5.26 Å². The summed E-state index contributed by atoms with van der Waals surface area (Å²) < 4.78 is 37.6. The first-order valence-electron chi connectivity index (χ1n) is 9.43. The first-order chi connectivity index (χ1) is 14.4. The predicted molar refractivity (Wildman–Crippen MR) is 111 cm³/mol. The molecule has 0 atom stereocenters. The number of ether oxygens (including phenoxy) is 2. The highest BCUT2D eigenvalue weighted by molar-refractivity contribution is 7.89. The standard InChI is InChI=1S/C21H23N3O5S/c1-28-17-7-8-18(19(13-17)29-2)23-21(25)15-9-11-24(12-10-15)30(26,27)20-6-4-3-5-16(20)14-22/h3-8,13,15H,9-12H2,1-2H3,(H,23,25). The number of nitrogens with zero attached hydrogens (tertiary/aromatic N) is 2. The molecule has 0 saturated carbocycles. The lowest BCUT2D eigenvalue weighted by atomic mass is 9.97. The van der Waals surface area contributed by atoms with Crippen LogP contribution in [0, 0.1) is 17.2 Å². The first-order valence-corrected chi connectivity index (χ1v) is 10.9. The Bertz CT molecular complexity index is 1070. The molecule has 30 heavy (non-hydrogen) atoms. The highest BCUT2D eigenvalue weighted by atomic mass is 32.2. The van der Waals surface area contributed by atoms with E-state index in [9.17, 15) is 18.5 Å². The zero-order valence-electron chi connectivity index (χ0n) is 16.8. The number of sulfonamides is 1. The maximum Gasteiger partial charge on any atom is 0.244 e. The normalized spacial score (nSPS) is 15.2. The SMILES string of the molecule is COc1ccc(NC(=O)C2CCN(S(=O)(=O)c3ccccc3C#N)CC2)c(OC)c1. The molecule has 158 valence electrons. The van der Waals surface area contributed by atoms with Crippen LogP contribution in [0.2, 0.25) is 0 Å². The first kappa shape index (κ1) is 21.6. The number of hydrogen-bond donors (Lipinski definition) is 1. The van der Waals surface area contributed by atoms with E-state index in [1.54, 1.807) is 37.4 Å². The van der Waals surface area contributed by atoms with Crippen LogP contribution < -0.4 is 14.8 Å². The Balaban J connectivity index is 1.67. The average Bonchev–Trinajstić information content (AvgIpc) is 2.79. The summed E-state index contributed by atoms with van der Waals surface area (Å²) in [6.07, 6.45) is 0.774. The second-order valence-corrected chi connectivity index (χ2v) is 8.75. The van der Waals surface area contributed by atoms with Gasteiger partial charge in [-0.05, 0) is 37.1 Å². The van der Waals surface area contributed by atoms with E-state index in [1.165, 1.54) is 23.5 Å². The Kier molecular flexibility index (Phi) is 6.59. The molecular formula is C21H23N3O5S. The van der Waals surface area contributed by atoms with Crippen LogP contribution in [-0.2, 0) is 14.8 Å². The minimum absolute atomic E-state index is 0.00151. The summed E-state index contributed by atoms with van der Waals surface area (Å²) in [5.74, 6) is 0.583. The van der Waals surface area contributed by atoms with Gasteiger partial charge in [-0.1, -0.05) is 12.1 Å². The summed E-state index contributed by atoms with van der Waals surface area (Å²) in [5.41, 5.74) is 0.644. The predicted octanol–water partition coefficient (Wildman–Crippen LogP) is 2.61. The Morgan fingerprint density at radius 3 is 2.47 bits per heavy atom. The summed E-state index contributed by atoms with van der Waals surface area (Å²) in [4.78, 5) is 12.7. The Morgan fingerprint density at radius 2 is 1.83 bits per heavy atom. The van der Waals surface area contributed by atoms with Gasteiger partial charge in [-0.3, -0.25) is 4.79 Å². The molecule has 0 spiro atoms. The highest BCUT2D eigenvalue weighted by Crippen LogP contribution is 2.31. The fourth-order valence-electron chi connectivity index (χ4n) is 3.42. The van der Waals surface area contributed by atoms with E-state index in [-0.39, 0.29) is 35.4 Å². The third-order valence-corrected chi connectivity index (χ3v) is 7.07. The zero-order chi connectivity index (χ0) is 21.7. The van der Waals surface area contributed by atoms with Crippen LogP contribution >= 0.6 is 0 Å². The molecule has 0 aliphatic carbocycles. The summed E-state index contributed by atoms with van der Waals surface area (Å²) in [7, 11) is -0.734. The number of anilines is 1. The second kappa shape index (κ2) is 9.15. The van der Waals surface area contributed by atoms with Gasteiger partial charge in [-0.15, -0.1) is 0 Å². The van der Waals surface area contributed by atoms with Gasteiger partial charge < -0.3 is 14.8 Å². The molecule has 2 aromatic rings. The van der Waals surface area contributed by atoms with Gasteiger partial charge in [0.05, 0.1) is 30.4 Å². The van der Waals surface area contributed by atoms with E-state index in [2.05, 4.69) is 5.32 Å². The molecule has 8 nitrogen and oxygen atoms in total. The molecule has 1 aliphatic heterocycles. The third-order valence-electron chi connectivity index (χ3n) is 5.12. The van der Waals surface area contributed by atoms with Gasteiger partial charge in [0.1, 0.15) is 17.6 Å². The van der Waals surface area contributed by atoms with Crippen LogP contribution in [0.1, 0.15) is 18.4 Å². The number of benzene rings is 2. The lowest BCUT2D eigenvalue weighted by Gasteiger charge is -2.30. The molecular weight excluding hydrogens is 406 g/mol. The number of carbonyl (C=O) groups is 1. The van der Waals surface area contributed by atoms with E-state index in [4.69, 9.17) is 9.47 Å². The molecule has 2 aromatic carbocycles. The number of methoxy groups -OCH3 is 2. The van der Waals surface area contributed by atoms with Gasteiger partial charge >= 0.3 is 0 Å². The number of piperidine rings is 1. The minimum atomic E-state index is -3.79. The van der Waals surface area contributed by atoms with Crippen molar-refractivity contribution >= 4 is 21.6 Å². The van der Waals surface area contributed by atoms with Gasteiger partial charge in [0.15, 0.2) is 0 Å². The van der Waals surface area contributed by atoms with E-state index < -0.39 is 10.0 Å². The van der Waals surface area contributed by atoms with Gasteiger partial charge in [0.25, 0.3) is 0 Å². The number of hydrogen-bond acceptors (Lipinski definition) is 6. The van der Waals surface area contributed by atoms with Crippen LogP contribution in [0.5, 0.6) is 11.5 Å². The molecule has 1 N–H and O–H groups in total. The maximum atomic E-state index is 12.9. The largest absolute Gasteiger partial charge is 0.497 e. The lowest BCUT2D eigenvalue weighted by molar-refractivity contribution is -0.120. The zero-order valence-corrected chi connectivity index (χ0v) is 17.6. The van der Waals surface area contributed by atoms with Crippen molar-refractivity contribution in [1.82, 2.24) is 4.31 Å². The molecule has 0 aromatic heterocycles. The highest BCUT2D eigenvalue weighted by Gasteiger charge is 2.33. The topological polar surface area (TPSA) is 109 Å².